The zero-order valence-electron chi connectivity index (χ0n) is 12.0. The number of amides is 1. The predicted molar refractivity (Wildman–Crippen MR) is 86.2 cm³/mol. The van der Waals surface area contributed by atoms with Gasteiger partial charge in [-0.2, -0.15) is 0 Å². The van der Waals surface area contributed by atoms with Crippen LogP contribution in [0.25, 0.3) is 0 Å². The van der Waals surface area contributed by atoms with E-state index in [0.717, 1.165) is 22.1 Å². The molecule has 0 radical (unpaired) electrons. The molecular formula is C14H17N3O2S2. The van der Waals surface area contributed by atoms with Crippen LogP contribution in [0.1, 0.15) is 18.9 Å². The van der Waals surface area contributed by atoms with Crippen LogP contribution in [0.5, 0.6) is 5.75 Å². The first kappa shape index (κ1) is 15.8. The van der Waals surface area contributed by atoms with E-state index in [-0.39, 0.29) is 12.5 Å². The van der Waals surface area contributed by atoms with E-state index in [9.17, 15) is 4.79 Å². The first-order valence-electron chi connectivity index (χ1n) is 6.63. The van der Waals surface area contributed by atoms with Gasteiger partial charge < -0.3 is 4.74 Å². The quantitative estimate of drug-likeness (QED) is 0.625. The summed E-state index contributed by atoms with van der Waals surface area (Å²) >= 11 is 3.02. The van der Waals surface area contributed by atoms with Gasteiger partial charge in [0.1, 0.15) is 5.75 Å². The van der Waals surface area contributed by atoms with Gasteiger partial charge >= 0.3 is 0 Å². The van der Waals surface area contributed by atoms with Crippen LogP contribution in [0.15, 0.2) is 28.6 Å². The third kappa shape index (κ3) is 5.02. The van der Waals surface area contributed by atoms with Gasteiger partial charge in [-0.25, -0.2) is 0 Å². The Kier molecular flexibility index (Phi) is 6.01. The van der Waals surface area contributed by atoms with Crippen molar-refractivity contribution in [3.8, 4) is 5.75 Å². The Bertz CT molecular complexity index is 601. The predicted octanol–water partition coefficient (Wildman–Crippen LogP) is 3.37. The zero-order chi connectivity index (χ0) is 15.1. The lowest BCUT2D eigenvalue weighted by molar-refractivity contribution is -0.118. The van der Waals surface area contributed by atoms with Gasteiger partial charge in [0.2, 0.25) is 5.13 Å². The number of nitrogens with one attached hydrogen (secondary N) is 1. The van der Waals surface area contributed by atoms with Crippen LogP contribution in [0.4, 0.5) is 5.13 Å². The largest absolute Gasteiger partial charge is 0.483 e. The van der Waals surface area contributed by atoms with Gasteiger partial charge in [0.05, 0.1) is 0 Å². The Balaban J connectivity index is 1.82. The van der Waals surface area contributed by atoms with Crippen molar-refractivity contribution < 1.29 is 9.53 Å². The van der Waals surface area contributed by atoms with E-state index in [0.29, 0.717) is 10.9 Å². The first-order chi connectivity index (χ1) is 10.2. The number of hydrogen-bond acceptors (Lipinski definition) is 6. The highest BCUT2D eigenvalue weighted by Crippen LogP contribution is 2.25. The fourth-order valence-electron chi connectivity index (χ4n) is 1.53. The minimum Gasteiger partial charge on any atom is -0.483 e. The number of nitrogens with zero attached hydrogens (tertiary/aromatic N) is 2. The Morgan fingerprint density at radius 3 is 2.95 bits per heavy atom. The maximum atomic E-state index is 11.8. The molecule has 0 atom stereocenters. The van der Waals surface area contributed by atoms with Crippen molar-refractivity contribution in [3.63, 3.8) is 0 Å². The molecule has 0 spiro atoms. The lowest BCUT2D eigenvalue weighted by Crippen LogP contribution is -2.20. The normalized spacial score (nSPS) is 10.4. The van der Waals surface area contributed by atoms with E-state index in [1.54, 1.807) is 11.8 Å². The molecule has 0 saturated heterocycles. The summed E-state index contributed by atoms with van der Waals surface area (Å²) in [5, 5.41) is 11.2. The highest BCUT2D eigenvalue weighted by Gasteiger charge is 2.09. The minimum absolute atomic E-state index is 0.0398. The number of rotatable bonds is 7. The molecule has 112 valence electrons. The fourth-order valence-corrected chi connectivity index (χ4v) is 3.22. The lowest BCUT2D eigenvalue weighted by atomic mass is 10.2. The fraction of sp³-hybridized carbons (Fsp3) is 0.357. The van der Waals surface area contributed by atoms with Crippen LogP contribution in [-0.2, 0) is 4.79 Å². The minimum atomic E-state index is -0.235. The molecule has 1 aromatic carbocycles. The average molecular weight is 323 g/mol. The van der Waals surface area contributed by atoms with Crippen LogP contribution in [0, 0.1) is 6.92 Å². The van der Waals surface area contributed by atoms with E-state index in [1.165, 1.54) is 11.3 Å². The number of ether oxygens (including phenoxy) is 1. The molecule has 2 aromatic rings. The Labute approximate surface area is 132 Å². The molecule has 0 aliphatic carbocycles. The second kappa shape index (κ2) is 7.99. The number of aromatic nitrogens is 2. The first-order valence-corrected chi connectivity index (χ1v) is 8.44. The smallest absolute Gasteiger partial charge is 0.264 e. The van der Waals surface area contributed by atoms with E-state index in [2.05, 4.69) is 22.4 Å². The molecule has 1 N–H and O–H groups in total. The third-order valence-corrected chi connectivity index (χ3v) is 4.71. The molecule has 0 bridgehead atoms. The van der Waals surface area contributed by atoms with Gasteiger partial charge in [0.25, 0.3) is 5.91 Å². The molecule has 1 amide bonds. The van der Waals surface area contributed by atoms with Crippen molar-refractivity contribution in [2.75, 3.05) is 17.7 Å². The van der Waals surface area contributed by atoms with Gasteiger partial charge in [-0.05, 0) is 25.0 Å². The van der Waals surface area contributed by atoms with E-state index < -0.39 is 0 Å². The Hall–Kier alpha value is -1.60. The summed E-state index contributed by atoms with van der Waals surface area (Å²) in [6.07, 6.45) is 1.08. The maximum absolute atomic E-state index is 11.8. The number of hydrogen-bond donors (Lipinski definition) is 1. The summed E-state index contributed by atoms with van der Waals surface area (Å²) in [5.74, 6) is 1.48. The highest BCUT2D eigenvalue weighted by atomic mass is 32.2. The average Bonchev–Trinajstić information content (AvgIpc) is 2.91. The van der Waals surface area contributed by atoms with Crippen molar-refractivity contribution >= 4 is 34.1 Å². The summed E-state index contributed by atoms with van der Waals surface area (Å²) in [6, 6.07) is 7.59. The van der Waals surface area contributed by atoms with Crippen LogP contribution in [0.3, 0.4) is 0 Å². The van der Waals surface area contributed by atoms with Crippen molar-refractivity contribution in [3.05, 3.63) is 29.8 Å². The molecule has 5 nitrogen and oxygen atoms in total. The zero-order valence-corrected chi connectivity index (χ0v) is 13.6. The summed E-state index contributed by atoms with van der Waals surface area (Å²) < 4.78 is 6.35. The van der Waals surface area contributed by atoms with Crippen LogP contribution < -0.4 is 10.1 Å². The molecule has 0 fully saturated rings. The summed E-state index contributed by atoms with van der Waals surface area (Å²) in [5.41, 5.74) is 1.000. The number of para-hydroxylation sites is 1. The monoisotopic (exact) mass is 323 g/mol. The van der Waals surface area contributed by atoms with Crippen LogP contribution in [-0.4, -0.2) is 28.5 Å². The number of benzene rings is 1. The molecule has 0 saturated carbocycles. The Morgan fingerprint density at radius 2 is 2.19 bits per heavy atom. The summed E-state index contributed by atoms with van der Waals surface area (Å²) in [7, 11) is 0. The maximum Gasteiger partial charge on any atom is 0.264 e. The van der Waals surface area contributed by atoms with Crippen molar-refractivity contribution in [1.29, 1.82) is 0 Å². The SMILES string of the molecule is CCCSc1nnc(NC(=O)COc2ccccc2C)s1. The van der Waals surface area contributed by atoms with Crippen molar-refractivity contribution in [1.82, 2.24) is 10.2 Å². The number of thioether (sulfide) groups is 1. The molecule has 1 heterocycles. The van der Waals surface area contributed by atoms with Gasteiger partial charge in [-0.3, -0.25) is 10.1 Å². The molecule has 0 aliphatic heterocycles. The third-order valence-electron chi connectivity index (χ3n) is 2.53. The standard InChI is InChI=1S/C14H17N3O2S2/c1-3-8-20-14-17-16-13(21-14)15-12(18)9-19-11-7-5-4-6-10(11)2/h4-7H,3,8-9H2,1-2H3,(H,15,16,18). The molecule has 2 rings (SSSR count). The topological polar surface area (TPSA) is 64.1 Å². The second-order valence-electron chi connectivity index (χ2n) is 4.32. The molecule has 0 unspecified atom stereocenters. The van der Waals surface area contributed by atoms with Crippen LogP contribution in [0.2, 0.25) is 0 Å². The van der Waals surface area contributed by atoms with Crippen molar-refractivity contribution in [2.45, 2.75) is 24.6 Å². The van der Waals surface area contributed by atoms with E-state index in [1.807, 2.05) is 31.2 Å². The van der Waals surface area contributed by atoms with Gasteiger partial charge in [0.15, 0.2) is 10.9 Å². The molecule has 21 heavy (non-hydrogen) atoms. The summed E-state index contributed by atoms with van der Waals surface area (Å²) in [4.78, 5) is 11.8. The number of aryl methyl sites for hydroxylation is 1. The van der Waals surface area contributed by atoms with Crippen molar-refractivity contribution in [2.24, 2.45) is 0 Å². The van der Waals surface area contributed by atoms with E-state index >= 15 is 0 Å². The van der Waals surface area contributed by atoms with Gasteiger partial charge in [-0.1, -0.05) is 48.2 Å². The highest BCUT2D eigenvalue weighted by molar-refractivity contribution is 8.01. The molecule has 1 aromatic heterocycles. The Morgan fingerprint density at radius 1 is 1.38 bits per heavy atom. The van der Waals surface area contributed by atoms with Crippen LogP contribution >= 0.6 is 23.1 Å². The second-order valence-corrected chi connectivity index (χ2v) is 6.64. The molecule has 0 aliphatic rings. The number of anilines is 1. The van der Waals surface area contributed by atoms with E-state index in [4.69, 9.17) is 4.74 Å². The van der Waals surface area contributed by atoms with Gasteiger partial charge in [-0.15, -0.1) is 10.2 Å². The number of carbonyl (C=O) groups excluding carboxylic acids is 1. The van der Waals surface area contributed by atoms with Gasteiger partial charge in [0, 0.05) is 5.75 Å². The summed E-state index contributed by atoms with van der Waals surface area (Å²) in [6.45, 7) is 4.01. The molecular weight excluding hydrogens is 306 g/mol. The lowest BCUT2D eigenvalue weighted by Gasteiger charge is -2.07. The number of carbonyl (C=O) groups is 1. The molecule has 7 heteroatoms.